The number of halogens is 2. The second-order valence-electron chi connectivity index (χ2n) is 4.88. The summed E-state index contributed by atoms with van der Waals surface area (Å²) in [6.45, 7) is 3.63. The van der Waals surface area contributed by atoms with Crippen molar-refractivity contribution in [1.82, 2.24) is 0 Å². The molecule has 2 aromatic rings. The monoisotopic (exact) mass is 305 g/mol. The Morgan fingerprint density at radius 3 is 2.41 bits per heavy atom. The van der Waals surface area contributed by atoms with Crippen LogP contribution in [0.15, 0.2) is 24.3 Å². The van der Waals surface area contributed by atoms with Gasteiger partial charge in [0.25, 0.3) is 0 Å². The molecule has 0 atom stereocenters. The fourth-order valence-electron chi connectivity index (χ4n) is 2.11. The molecular weight excluding hydrogens is 292 g/mol. The van der Waals surface area contributed by atoms with Gasteiger partial charge in [0.1, 0.15) is 0 Å². The number of benzene rings is 2. The molecule has 114 valence electrons. The Labute approximate surface area is 125 Å². The van der Waals surface area contributed by atoms with Gasteiger partial charge in [0.05, 0.1) is 16.8 Å². The molecule has 0 radical (unpaired) electrons. The van der Waals surface area contributed by atoms with Crippen LogP contribution in [0.5, 0.6) is 0 Å². The molecule has 0 aliphatic rings. The molecule has 0 heterocycles. The minimum Gasteiger partial charge on any atom is -0.478 e. The van der Waals surface area contributed by atoms with Gasteiger partial charge in [-0.25, -0.2) is 13.6 Å². The lowest BCUT2D eigenvalue weighted by atomic mass is 10.1. The molecule has 0 aromatic heterocycles. The maximum atomic E-state index is 14.1. The third-order valence-corrected chi connectivity index (χ3v) is 3.23. The Kier molecular flexibility index (Phi) is 4.21. The van der Waals surface area contributed by atoms with Gasteiger partial charge in [-0.15, -0.1) is 0 Å². The van der Waals surface area contributed by atoms with Gasteiger partial charge in [-0.3, -0.25) is 4.79 Å². The largest absolute Gasteiger partial charge is 0.478 e. The first-order valence-electron chi connectivity index (χ1n) is 6.40. The van der Waals surface area contributed by atoms with Crippen molar-refractivity contribution in [1.29, 1.82) is 0 Å². The van der Waals surface area contributed by atoms with Crippen molar-refractivity contribution in [2.75, 3.05) is 5.32 Å². The molecule has 0 unspecified atom stereocenters. The number of rotatable bonds is 4. The lowest BCUT2D eigenvalue weighted by molar-refractivity contribution is 0.0697. The number of carbonyl (C=O) groups is 2. The zero-order chi connectivity index (χ0) is 16.4. The summed E-state index contributed by atoms with van der Waals surface area (Å²) in [5, 5.41) is 11.7. The van der Waals surface area contributed by atoms with Crippen molar-refractivity contribution in [3.8, 4) is 0 Å². The van der Waals surface area contributed by atoms with E-state index in [1.54, 1.807) is 19.1 Å². The van der Waals surface area contributed by atoms with E-state index in [0.717, 1.165) is 17.2 Å². The second kappa shape index (κ2) is 5.93. The van der Waals surface area contributed by atoms with Crippen molar-refractivity contribution in [3.05, 3.63) is 58.2 Å². The number of hydrogen-bond acceptors (Lipinski definition) is 3. The first-order chi connectivity index (χ1) is 10.3. The van der Waals surface area contributed by atoms with Gasteiger partial charge in [0, 0.05) is 5.69 Å². The zero-order valence-electron chi connectivity index (χ0n) is 11.9. The van der Waals surface area contributed by atoms with Crippen molar-refractivity contribution < 1.29 is 23.5 Å². The maximum absolute atomic E-state index is 14.1. The standard InChI is InChI=1S/C16H13F2NO3/c1-8-3-4-12(9(2)5-8)19-15-11(16(21)22)6-10(7-20)13(17)14(15)18/h3-7,19H,1-2H3,(H,21,22). The summed E-state index contributed by atoms with van der Waals surface area (Å²) in [5.41, 5.74) is 0.509. The lowest BCUT2D eigenvalue weighted by Crippen LogP contribution is -2.09. The first kappa shape index (κ1) is 15.6. The van der Waals surface area contributed by atoms with Gasteiger partial charge in [-0.05, 0) is 31.5 Å². The number of anilines is 2. The molecule has 0 aliphatic heterocycles. The predicted octanol–water partition coefficient (Wildman–Crippen LogP) is 3.84. The molecule has 2 N–H and O–H groups in total. The second-order valence-corrected chi connectivity index (χ2v) is 4.88. The number of aryl methyl sites for hydroxylation is 2. The summed E-state index contributed by atoms with van der Waals surface area (Å²) in [6, 6.07) is 6.02. The van der Waals surface area contributed by atoms with E-state index in [9.17, 15) is 18.4 Å². The molecule has 4 nitrogen and oxygen atoms in total. The van der Waals surface area contributed by atoms with Crippen LogP contribution in [-0.4, -0.2) is 17.4 Å². The molecule has 0 amide bonds. The fourth-order valence-corrected chi connectivity index (χ4v) is 2.11. The van der Waals surface area contributed by atoms with Crippen LogP contribution in [0.25, 0.3) is 0 Å². The Bertz CT molecular complexity index is 772. The number of carboxylic acids is 1. The molecular formula is C16H13F2NO3. The average molecular weight is 305 g/mol. The van der Waals surface area contributed by atoms with Crippen LogP contribution >= 0.6 is 0 Å². The van der Waals surface area contributed by atoms with E-state index in [0.29, 0.717) is 5.69 Å². The molecule has 0 bridgehead atoms. The highest BCUT2D eigenvalue weighted by atomic mass is 19.2. The minimum atomic E-state index is -1.46. The van der Waals surface area contributed by atoms with Crippen LogP contribution in [0, 0.1) is 25.5 Å². The minimum absolute atomic E-state index is 0.0752. The van der Waals surface area contributed by atoms with E-state index in [1.165, 1.54) is 0 Å². The molecule has 2 rings (SSSR count). The van der Waals surface area contributed by atoms with E-state index in [2.05, 4.69) is 5.32 Å². The molecule has 0 spiro atoms. The number of aldehydes is 1. The van der Waals surface area contributed by atoms with E-state index in [1.807, 2.05) is 13.0 Å². The number of carbonyl (C=O) groups excluding carboxylic acids is 1. The topological polar surface area (TPSA) is 66.4 Å². The van der Waals surface area contributed by atoms with Crippen LogP contribution in [0.4, 0.5) is 20.2 Å². The maximum Gasteiger partial charge on any atom is 0.337 e. The summed E-state index contributed by atoms with van der Waals surface area (Å²) in [4.78, 5) is 21.9. The van der Waals surface area contributed by atoms with Crippen LogP contribution < -0.4 is 5.32 Å². The van der Waals surface area contributed by atoms with Gasteiger partial charge in [-0.2, -0.15) is 0 Å². The first-order valence-corrected chi connectivity index (χ1v) is 6.40. The highest BCUT2D eigenvalue weighted by molar-refractivity contribution is 5.97. The van der Waals surface area contributed by atoms with Gasteiger partial charge in [0.2, 0.25) is 0 Å². The highest BCUT2D eigenvalue weighted by Crippen LogP contribution is 2.30. The van der Waals surface area contributed by atoms with Gasteiger partial charge in [-0.1, -0.05) is 17.7 Å². The van der Waals surface area contributed by atoms with E-state index in [4.69, 9.17) is 5.11 Å². The Balaban J connectivity index is 2.61. The quantitative estimate of drug-likeness (QED) is 0.842. The molecule has 22 heavy (non-hydrogen) atoms. The highest BCUT2D eigenvalue weighted by Gasteiger charge is 2.22. The summed E-state index contributed by atoms with van der Waals surface area (Å²) >= 11 is 0. The molecule has 0 fully saturated rings. The SMILES string of the molecule is Cc1ccc(Nc2c(C(=O)O)cc(C=O)c(F)c2F)c(C)c1. The van der Waals surface area contributed by atoms with Gasteiger partial charge < -0.3 is 10.4 Å². The molecule has 0 aliphatic carbocycles. The van der Waals surface area contributed by atoms with Gasteiger partial charge >= 0.3 is 5.97 Å². The predicted molar refractivity (Wildman–Crippen MR) is 77.9 cm³/mol. The molecule has 2 aromatic carbocycles. The number of nitrogens with one attached hydrogen (secondary N) is 1. The summed E-state index contributed by atoms with van der Waals surface area (Å²) < 4.78 is 27.8. The third-order valence-electron chi connectivity index (χ3n) is 3.23. The zero-order valence-corrected chi connectivity index (χ0v) is 11.9. The van der Waals surface area contributed by atoms with Crippen molar-refractivity contribution >= 4 is 23.6 Å². The summed E-state index contributed by atoms with van der Waals surface area (Å²) in [7, 11) is 0. The fraction of sp³-hybridized carbons (Fsp3) is 0.125. The molecule has 6 heteroatoms. The Morgan fingerprint density at radius 1 is 1.18 bits per heavy atom. The average Bonchev–Trinajstić information content (AvgIpc) is 2.46. The van der Waals surface area contributed by atoms with Crippen LogP contribution in [-0.2, 0) is 0 Å². The van der Waals surface area contributed by atoms with E-state index < -0.39 is 34.4 Å². The summed E-state index contributed by atoms with van der Waals surface area (Å²) in [5.74, 6) is -4.25. The number of aromatic carboxylic acids is 1. The smallest absolute Gasteiger partial charge is 0.337 e. The number of hydrogen-bond donors (Lipinski definition) is 2. The van der Waals surface area contributed by atoms with Crippen LogP contribution in [0.3, 0.4) is 0 Å². The lowest BCUT2D eigenvalue weighted by Gasteiger charge is -2.14. The third kappa shape index (κ3) is 2.81. The Morgan fingerprint density at radius 2 is 1.86 bits per heavy atom. The normalized spacial score (nSPS) is 10.4. The van der Waals surface area contributed by atoms with Crippen LogP contribution in [0.2, 0.25) is 0 Å². The van der Waals surface area contributed by atoms with Crippen LogP contribution in [0.1, 0.15) is 31.8 Å². The van der Waals surface area contributed by atoms with Crippen molar-refractivity contribution in [2.24, 2.45) is 0 Å². The number of carboxylic acid groups (broad SMARTS) is 1. The van der Waals surface area contributed by atoms with E-state index in [-0.39, 0.29) is 6.29 Å². The summed E-state index contributed by atoms with van der Waals surface area (Å²) in [6.07, 6.45) is 0.0752. The van der Waals surface area contributed by atoms with E-state index >= 15 is 0 Å². The molecule has 0 saturated heterocycles. The molecule has 0 saturated carbocycles. The van der Waals surface area contributed by atoms with Gasteiger partial charge in [0.15, 0.2) is 17.9 Å². The van der Waals surface area contributed by atoms with Crippen molar-refractivity contribution in [2.45, 2.75) is 13.8 Å². The Hall–Kier alpha value is -2.76. The van der Waals surface area contributed by atoms with Crippen molar-refractivity contribution in [3.63, 3.8) is 0 Å².